The molecule has 0 fully saturated rings. The highest BCUT2D eigenvalue weighted by Crippen LogP contribution is 2.38. The third kappa shape index (κ3) is 4.55. The molecule has 2 atom stereocenters. The zero-order valence-electron chi connectivity index (χ0n) is 18.5. The number of nitrogens with zero attached hydrogens (tertiary/aromatic N) is 1. The first-order valence-corrected chi connectivity index (χ1v) is 10.7. The van der Waals surface area contributed by atoms with Gasteiger partial charge in [0.2, 0.25) is 0 Å². The summed E-state index contributed by atoms with van der Waals surface area (Å²) in [6.45, 7) is 5.17. The zero-order valence-corrected chi connectivity index (χ0v) is 18.5. The molecule has 1 unspecified atom stereocenters. The molecule has 1 heterocycles. The van der Waals surface area contributed by atoms with E-state index in [1.807, 2.05) is 61.5 Å². The number of fused-ring (bicyclic) bond motifs is 1. The molecule has 0 radical (unpaired) electrons. The molecule has 0 amide bonds. The Bertz CT molecular complexity index is 1110. The molecule has 1 aliphatic heterocycles. The Kier molecular flexibility index (Phi) is 6.32. The Morgan fingerprint density at radius 3 is 2.78 bits per heavy atom. The predicted molar refractivity (Wildman–Crippen MR) is 125 cm³/mol. The number of carbonyl (C=O) groups is 1. The Labute approximate surface area is 188 Å². The van der Waals surface area contributed by atoms with Crippen LogP contribution < -0.4 is 19.7 Å². The van der Waals surface area contributed by atoms with E-state index in [2.05, 4.69) is 23.2 Å². The normalized spacial score (nSPS) is 16.1. The molecule has 2 N–H and O–H groups in total. The molecule has 1 aliphatic rings. The summed E-state index contributed by atoms with van der Waals surface area (Å²) in [4.78, 5) is 13.8. The third-order valence-electron chi connectivity index (χ3n) is 5.84. The van der Waals surface area contributed by atoms with Crippen LogP contribution in [-0.2, 0) is 0 Å². The summed E-state index contributed by atoms with van der Waals surface area (Å²) in [5, 5.41) is 13.1. The Morgan fingerprint density at radius 1 is 1.19 bits per heavy atom. The van der Waals surface area contributed by atoms with Crippen LogP contribution in [0.15, 0.2) is 66.7 Å². The first-order valence-electron chi connectivity index (χ1n) is 10.7. The minimum Gasteiger partial charge on any atom is -0.497 e. The fourth-order valence-electron chi connectivity index (χ4n) is 3.99. The number of carboxylic acid groups (broad SMARTS) is 1. The molecule has 4 rings (SSSR count). The van der Waals surface area contributed by atoms with Gasteiger partial charge < -0.3 is 24.8 Å². The van der Waals surface area contributed by atoms with Gasteiger partial charge in [0, 0.05) is 18.3 Å². The van der Waals surface area contributed by atoms with Gasteiger partial charge in [0.15, 0.2) is 0 Å². The number of aryl methyl sites for hydroxylation is 1. The van der Waals surface area contributed by atoms with Gasteiger partial charge in [-0.05, 0) is 61.4 Å². The number of rotatable bonds is 7. The van der Waals surface area contributed by atoms with Crippen molar-refractivity contribution in [1.29, 1.82) is 0 Å². The first kappa shape index (κ1) is 21.7. The van der Waals surface area contributed by atoms with E-state index < -0.39 is 5.97 Å². The van der Waals surface area contributed by atoms with E-state index in [0.29, 0.717) is 18.7 Å². The van der Waals surface area contributed by atoms with Crippen LogP contribution in [0.4, 0.5) is 11.4 Å². The first-order chi connectivity index (χ1) is 15.5. The molecule has 0 bridgehead atoms. The second-order valence-corrected chi connectivity index (χ2v) is 8.03. The number of anilines is 2. The van der Waals surface area contributed by atoms with E-state index in [1.54, 1.807) is 13.2 Å². The lowest BCUT2D eigenvalue weighted by Crippen LogP contribution is -2.44. The van der Waals surface area contributed by atoms with Crippen molar-refractivity contribution in [2.75, 3.05) is 25.1 Å². The fraction of sp³-hybridized carbons (Fsp3) is 0.269. The average Bonchev–Trinajstić information content (AvgIpc) is 2.82. The minimum absolute atomic E-state index is 0.104. The molecule has 0 spiro atoms. The molecular formula is C26H28N2O4. The summed E-state index contributed by atoms with van der Waals surface area (Å²) in [5.74, 6) is 0.701. The fourth-order valence-corrected chi connectivity index (χ4v) is 3.99. The molecule has 166 valence electrons. The van der Waals surface area contributed by atoms with Crippen molar-refractivity contribution in [3.63, 3.8) is 0 Å². The van der Waals surface area contributed by atoms with E-state index >= 15 is 0 Å². The maximum absolute atomic E-state index is 11.7. The molecule has 6 nitrogen and oxygen atoms in total. The summed E-state index contributed by atoms with van der Waals surface area (Å²) in [7, 11) is 1.67. The molecular weight excluding hydrogens is 404 g/mol. The van der Waals surface area contributed by atoms with Gasteiger partial charge in [-0.1, -0.05) is 30.3 Å². The smallest absolute Gasteiger partial charge is 0.336 e. The lowest BCUT2D eigenvalue weighted by Gasteiger charge is -2.37. The number of aromatic carboxylic acids is 1. The number of carboxylic acids is 1. The van der Waals surface area contributed by atoms with E-state index in [4.69, 9.17) is 9.47 Å². The molecule has 3 aromatic rings. The Morgan fingerprint density at radius 2 is 2.00 bits per heavy atom. The van der Waals surface area contributed by atoms with Gasteiger partial charge in [-0.15, -0.1) is 0 Å². The van der Waals surface area contributed by atoms with Crippen molar-refractivity contribution >= 4 is 17.3 Å². The van der Waals surface area contributed by atoms with Crippen LogP contribution in [0.3, 0.4) is 0 Å². The third-order valence-corrected chi connectivity index (χ3v) is 5.84. The van der Waals surface area contributed by atoms with E-state index in [9.17, 15) is 9.90 Å². The van der Waals surface area contributed by atoms with Crippen LogP contribution in [0.25, 0.3) is 0 Å². The number of methoxy groups -OCH3 is 1. The SMILES string of the molecule is COc1cccc([C@@H](C)NCC2CN(c3ccc(C)c(C(=O)O)c3)c3ccccc3O2)c1. The van der Waals surface area contributed by atoms with Crippen LogP contribution in [0.2, 0.25) is 0 Å². The summed E-state index contributed by atoms with van der Waals surface area (Å²) in [5.41, 5.74) is 3.97. The van der Waals surface area contributed by atoms with Crippen LogP contribution in [0.5, 0.6) is 11.5 Å². The van der Waals surface area contributed by atoms with Gasteiger partial charge in [0.1, 0.15) is 17.6 Å². The largest absolute Gasteiger partial charge is 0.497 e. The highest BCUT2D eigenvalue weighted by molar-refractivity contribution is 5.91. The summed E-state index contributed by atoms with van der Waals surface area (Å²) >= 11 is 0. The second kappa shape index (κ2) is 9.32. The quantitative estimate of drug-likeness (QED) is 0.550. The molecule has 0 saturated heterocycles. The number of benzene rings is 3. The summed E-state index contributed by atoms with van der Waals surface area (Å²) < 4.78 is 11.6. The second-order valence-electron chi connectivity index (χ2n) is 8.03. The molecule has 0 saturated carbocycles. The molecule has 32 heavy (non-hydrogen) atoms. The van der Waals surface area contributed by atoms with Gasteiger partial charge in [-0.25, -0.2) is 4.79 Å². The van der Waals surface area contributed by atoms with Gasteiger partial charge in [-0.3, -0.25) is 0 Å². The van der Waals surface area contributed by atoms with Crippen molar-refractivity contribution in [2.24, 2.45) is 0 Å². The minimum atomic E-state index is -0.920. The van der Waals surface area contributed by atoms with E-state index in [1.165, 1.54) is 0 Å². The predicted octanol–water partition coefficient (Wildman–Crippen LogP) is 4.95. The lowest BCUT2D eigenvalue weighted by molar-refractivity contribution is 0.0696. The van der Waals surface area contributed by atoms with E-state index in [-0.39, 0.29) is 12.1 Å². The van der Waals surface area contributed by atoms with Gasteiger partial charge in [0.25, 0.3) is 0 Å². The van der Waals surface area contributed by atoms with Crippen LogP contribution in [0.1, 0.15) is 34.5 Å². The Hall–Kier alpha value is -3.51. The highest BCUT2D eigenvalue weighted by atomic mass is 16.5. The average molecular weight is 433 g/mol. The summed E-state index contributed by atoms with van der Waals surface area (Å²) in [6, 6.07) is 21.6. The van der Waals surface area contributed by atoms with Gasteiger partial charge >= 0.3 is 5.97 Å². The summed E-state index contributed by atoms with van der Waals surface area (Å²) in [6.07, 6.45) is -0.104. The maximum Gasteiger partial charge on any atom is 0.336 e. The molecule has 3 aromatic carbocycles. The number of hydrogen-bond donors (Lipinski definition) is 2. The molecule has 0 aliphatic carbocycles. The van der Waals surface area contributed by atoms with Crippen molar-refractivity contribution in [3.05, 3.63) is 83.4 Å². The van der Waals surface area contributed by atoms with Gasteiger partial charge in [-0.2, -0.15) is 0 Å². The van der Waals surface area contributed by atoms with Crippen LogP contribution >= 0.6 is 0 Å². The lowest BCUT2D eigenvalue weighted by atomic mass is 10.1. The van der Waals surface area contributed by atoms with Crippen LogP contribution in [0, 0.1) is 6.92 Å². The number of nitrogens with one attached hydrogen (secondary N) is 1. The van der Waals surface area contributed by atoms with E-state index in [0.717, 1.165) is 34.0 Å². The molecule has 6 heteroatoms. The topological polar surface area (TPSA) is 71.0 Å². The number of ether oxygens (including phenoxy) is 2. The van der Waals surface area contributed by atoms with Crippen molar-refractivity contribution in [2.45, 2.75) is 26.0 Å². The highest BCUT2D eigenvalue weighted by Gasteiger charge is 2.27. The monoisotopic (exact) mass is 432 g/mol. The maximum atomic E-state index is 11.7. The van der Waals surface area contributed by atoms with Crippen molar-refractivity contribution in [3.8, 4) is 11.5 Å². The number of hydrogen-bond acceptors (Lipinski definition) is 5. The Balaban J connectivity index is 1.55. The van der Waals surface area contributed by atoms with Crippen molar-refractivity contribution in [1.82, 2.24) is 5.32 Å². The van der Waals surface area contributed by atoms with Crippen molar-refractivity contribution < 1.29 is 19.4 Å². The zero-order chi connectivity index (χ0) is 22.7. The van der Waals surface area contributed by atoms with Crippen LogP contribution in [-0.4, -0.2) is 37.4 Å². The standard InChI is InChI=1S/C26H28N2O4/c1-17-11-12-20(14-23(17)26(29)30)28-16-22(32-25-10-5-4-9-24(25)28)15-27-18(2)19-7-6-8-21(13-19)31-3/h4-14,18,22,27H,15-16H2,1-3H3,(H,29,30)/t18-,22?/m1/s1. The van der Waals surface area contributed by atoms with Gasteiger partial charge in [0.05, 0.1) is 24.9 Å². The molecule has 0 aromatic heterocycles. The number of para-hydroxylation sites is 2.